The van der Waals surface area contributed by atoms with E-state index >= 15 is 0 Å². The Morgan fingerprint density at radius 2 is 1.91 bits per heavy atom. The third kappa shape index (κ3) is 5.37. The Bertz CT molecular complexity index is 1140. The summed E-state index contributed by atoms with van der Waals surface area (Å²) in [6.45, 7) is -0.699. The first kappa shape index (κ1) is 24.0. The second kappa shape index (κ2) is 9.43. The average Bonchev–Trinajstić information content (AvgIpc) is 2.96. The van der Waals surface area contributed by atoms with E-state index in [0.29, 0.717) is 33.3 Å². The van der Waals surface area contributed by atoms with Crippen LogP contribution in [0.2, 0.25) is 10.0 Å². The number of anilines is 1. The molecular formula is C20H13Cl2F3N2O4S. The third-order valence-electron chi connectivity index (χ3n) is 4.23. The minimum Gasteiger partial charge on any atom is -0.495 e. The Balaban J connectivity index is 1.76. The number of carbonyl (C=O) groups excluding carboxylic acids is 3. The lowest BCUT2D eigenvalue weighted by atomic mass is 10.1. The van der Waals surface area contributed by atoms with Crippen molar-refractivity contribution in [2.75, 3.05) is 19.0 Å². The summed E-state index contributed by atoms with van der Waals surface area (Å²) in [5.74, 6) is -1.63. The number of methoxy groups -OCH3 is 1. The van der Waals surface area contributed by atoms with Crippen LogP contribution in [0.15, 0.2) is 41.3 Å². The predicted molar refractivity (Wildman–Crippen MR) is 116 cm³/mol. The van der Waals surface area contributed by atoms with Gasteiger partial charge in [0.05, 0.1) is 23.3 Å². The second-order valence-corrected chi connectivity index (χ2v) is 8.23. The fourth-order valence-electron chi connectivity index (χ4n) is 2.71. The van der Waals surface area contributed by atoms with E-state index in [1.54, 1.807) is 12.1 Å². The Hall–Kier alpha value is -2.69. The predicted octanol–water partition coefficient (Wildman–Crippen LogP) is 5.70. The number of thioether (sulfide) groups is 1. The number of rotatable bonds is 5. The summed E-state index contributed by atoms with van der Waals surface area (Å²) in [6.07, 6.45) is -3.25. The first-order valence-electron chi connectivity index (χ1n) is 8.75. The van der Waals surface area contributed by atoms with E-state index in [9.17, 15) is 27.6 Å². The minimum absolute atomic E-state index is 0.0160. The van der Waals surface area contributed by atoms with Crippen molar-refractivity contribution in [3.8, 4) is 5.75 Å². The molecule has 168 valence electrons. The normalized spacial score (nSPS) is 15.4. The Morgan fingerprint density at radius 3 is 2.53 bits per heavy atom. The maximum Gasteiger partial charge on any atom is 0.416 e. The fourth-order valence-corrected chi connectivity index (χ4v) is 4.00. The van der Waals surface area contributed by atoms with Gasteiger partial charge in [0, 0.05) is 10.0 Å². The molecule has 1 saturated heterocycles. The van der Waals surface area contributed by atoms with Crippen LogP contribution >= 0.6 is 35.0 Å². The standard InChI is InChI=1S/C20H13Cl2F3N2O4S/c1-31-15-5-3-11(20(23,24)25)7-14(15)26-17(28)9-27-18(29)16(32-19(27)30)6-10-2-4-12(21)8-13(10)22/h2-8H,9H2,1H3,(H,26,28). The van der Waals surface area contributed by atoms with Gasteiger partial charge in [-0.2, -0.15) is 13.2 Å². The van der Waals surface area contributed by atoms with E-state index in [2.05, 4.69) is 5.32 Å². The Morgan fingerprint density at radius 1 is 1.19 bits per heavy atom. The van der Waals surface area contributed by atoms with Gasteiger partial charge in [-0.05, 0) is 53.7 Å². The van der Waals surface area contributed by atoms with Gasteiger partial charge in [0.2, 0.25) is 5.91 Å². The van der Waals surface area contributed by atoms with Crippen LogP contribution < -0.4 is 10.1 Å². The lowest BCUT2D eigenvalue weighted by Crippen LogP contribution is -2.36. The number of amides is 3. The van der Waals surface area contributed by atoms with Crippen molar-refractivity contribution in [1.82, 2.24) is 4.90 Å². The lowest BCUT2D eigenvalue weighted by Gasteiger charge is -2.16. The van der Waals surface area contributed by atoms with E-state index in [4.69, 9.17) is 27.9 Å². The highest BCUT2D eigenvalue weighted by Gasteiger charge is 2.37. The molecule has 0 saturated carbocycles. The van der Waals surface area contributed by atoms with Crippen molar-refractivity contribution in [1.29, 1.82) is 0 Å². The summed E-state index contributed by atoms with van der Waals surface area (Å²) in [5, 5.41) is 2.19. The molecule has 1 aliphatic heterocycles. The van der Waals surface area contributed by atoms with Crippen LogP contribution in [0.3, 0.4) is 0 Å². The van der Waals surface area contributed by atoms with Crippen LogP contribution in [0.25, 0.3) is 6.08 Å². The molecule has 0 aliphatic carbocycles. The lowest BCUT2D eigenvalue weighted by molar-refractivity contribution is -0.137. The minimum atomic E-state index is -4.63. The smallest absolute Gasteiger partial charge is 0.416 e. The molecule has 0 atom stereocenters. The maximum atomic E-state index is 13.0. The quantitative estimate of drug-likeness (QED) is 0.528. The molecule has 1 heterocycles. The van der Waals surface area contributed by atoms with Crippen LogP contribution in [0, 0.1) is 0 Å². The summed E-state index contributed by atoms with van der Waals surface area (Å²) in [4.78, 5) is 37.9. The van der Waals surface area contributed by atoms with Crippen LogP contribution in [0.5, 0.6) is 5.75 Å². The number of nitrogens with zero attached hydrogens (tertiary/aromatic N) is 1. The topological polar surface area (TPSA) is 75.7 Å². The zero-order valence-corrected chi connectivity index (χ0v) is 18.5. The highest BCUT2D eigenvalue weighted by Crippen LogP contribution is 2.36. The van der Waals surface area contributed by atoms with Crippen molar-refractivity contribution in [2.24, 2.45) is 0 Å². The maximum absolute atomic E-state index is 13.0. The zero-order valence-electron chi connectivity index (χ0n) is 16.1. The number of halogens is 5. The molecule has 6 nitrogen and oxygen atoms in total. The molecule has 2 aromatic rings. The van der Waals surface area contributed by atoms with Gasteiger partial charge in [-0.1, -0.05) is 29.3 Å². The van der Waals surface area contributed by atoms with E-state index in [1.807, 2.05) is 0 Å². The molecule has 1 N–H and O–H groups in total. The number of benzene rings is 2. The molecule has 3 amide bonds. The van der Waals surface area contributed by atoms with Gasteiger partial charge in [0.25, 0.3) is 11.1 Å². The zero-order chi connectivity index (χ0) is 23.6. The molecule has 32 heavy (non-hydrogen) atoms. The van der Waals surface area contributed by atoms with Gasteiger partial charge in [-0.25, -0.2) is 0 Å². The van der Waals surface area contributed by atoms with Crippen LogP contribution in [-0.2, 0) is 15.8 Å². The number of alkyl halides is 3. The molecular weight excluding hydrogens is 492 g/mol. The SMILES string of the molecule is COc1ccc(C(F)(F)F)cc1NC(=O)CN1C(=O)SC(=Cc2ccc(Cl)cc2Cl)C1=O. The van der Waals surface area contributed by atoms with Gasteiger partial charge in [0.1, 0.15) is 12.3 Å². The largest absolute Gasteiger partial charge is 0.495 e. The molecule has 12 heteroatoms. The van der Waals surface area contributed by atoms with Gasteiger partial charge in [-0.15, -0.1) is 0 Å². The molecule has 0 aromatic heterocycles. The number of hydrogen-bond donors (Lipinski definition) is 1. The summed E-state index contributed by atoms with van der Waals surface area (Å²) in [5.41, 5.74) is -0.801. The summed E-state index contributed by atoms with van der Waals surface area (Å²) in [7, 11) is 1.22. The number of ether oxygens (including phenoxy) is 1. The van der Waals surface area contributed by atoms with E-state index < -0.39 is 35.3 Å². The highest BCUT2D eigenvalue weighted by atomic mass is 35.5. The Labute approximate surface area is 194 Å². The first-order valence-corrected chi connectivity index (χ1v) is 10.3. The summed E-state index contributed by atoms with van der Waals surface area (Å²) < 4.78 is 43.9. The van der Waals surface area contributed by atoms with Gasteiger partial charge in [-0.3, -0.25) is 19.3 Å². The van der Waals surface area contributed by atoms with Crippen molar-refractivity contribution < 1.29 is 32.3 Å². The number of carbonyl (C=O) groups is 3. The summed E-state index contributed by atoms with van der Waals surface area (Å²) >= 11 is 12.5. The fraction of sp³-hybridized carbons (Fsp3) is 0.150. The number of hydrogen-bond acceptors (Lipinski definition) is 5. The van der Waals surface area contributed by atoms with E-state index in [1.165, 1.54) is 19.3 Å². The monoisotopic (exact) mass is 504 g/mol. The summed E-state index contributed by atoms with van der Waals surface area (Å²) in [6, 6.07) is 7.14. The average molecular weight is 505 g/mol. The van der Waals surface area contributed by atoms with E-state index in [0.717, 1.165) is 12.1 Å². The van der Waals surface area contributed by atoms with E-state index in [-0.39, 0.29) is 21.4 Å². The van der Waals surface area contributed by atoms with Crippen LogP contribution in [-0.4, -0.2) is 35.6 Å². The van der Waals surface area contributed by atoms with Gasteiger partial charge >= 0.3 is 6.18 Å². The van der Waals surface area contributed by atoms with Crippen molar-refractivity contribution in [3.05, 3.63) is 62.5 Å². The molecule has 0 unspecified atom stereocenters. The Kier molecular flexibility index (Phi) is 7.06. The molecule has 0 spiro atoms. The van der Waals surface area contributed by atoms with Crippen LogP contribution in [0.4, 0.5) is 23.7 Å². The molecule has 0 radical (unpaired) electrons. The molecule has 3 rings (SSSR count). The third-order valence-corrected chi connectivity index (χ3v) is 5.70. The second-order valence-electron chi connectivity index (χ2n) is 6.39. The number of imide groups is 1. The first-order chi connectivity index (χ1) is 15.0. The molecule has 1 aliphatic rings. The van der Waals surface area contributed by atoms with Gasteiger partial charge in [0.15, 0.2) is 0 Å². The van der Waals surface area contributed by atoms with Crippen LogP contribution in [0.1, 0.15) is 11.1 Å². The van der Waals surface area contributed by atoms with Crippen molar-refractivity contribution >= 4 is 63.8 Å². The van der Waals surface area contributed by atoms with Crippen molar-refractivity contribution in [2.45, 2.75) is 6.18 Å². The van der Waals surface area contributed by atoms with Gasteiger partial charge < -0.3 is 10.1 Å². The molecule has 0 bridgehead atoms. The van der Waals surface area contributed by atoms with Crippen molar-refractivity contribution in [3.63, 3.8) is 0 Å². The number of nitrogens with one attached hydrogen (secondary N) is 1. The highest BCUT2D eigenvalue weighted by molar-refractivity contribution is 8.18. The molecule has 1 fully saturated rings. The molecule has 2 aromatic carbocycles.